The molecule has 0 aliphatic carbocycles. The minimum atomic E-state index is -0.630. The number of carbonyl (C=O) groups excluding carboxylic acids is 2. The predicted octanol–water partition coefficient (Wildman–Crippen LogP) is 3.32. The molecular formula is C18H19N5O2S2. The van der Waals surface area contributed by atoms with E-state index in [4.69, 9.17) is 0 Å². The molecule has 0 aliphatic rings. The lowest BCUT2D eigenvalue weighted by molar-refractivity contribution is -0.119. The molecule has 3 rings (SSSR count). The van der Waals surface area contributed by atoms with Gasteiger partial charge in [-0.25, -0.2) is 4.79 Å². The minimum absolute atomic E-state index is 0.408. The first kappa shape index (κ1) is 19.1. The molecule has 2 aromatic heterocycles. The van der Waals surface area contributed by atoms with Crippen LogP contribution in [0.15, 0.2) is 53.0 Å². The van der Waals surface area contributed by atoms with Gasteiger partial charge in [0.1, 0.15) is 5.25 Å². The molecule has 140 valence electrons. The van der Waals surface area contributed by atoms with Gasteiger partial charge in [0.2, 0.25) is 5.91 Å². The Kier molecular flexibility index (Phi) is 6.25. The van der Waals surface area contributed by atoms with Crippen LogP contribution in [-0.4, -0.2) is 33.8 Å². The number of amides is 3. The van der Waals surface area contributed by atoms with Gasteiger partial charge in [0.25, 0.3) is 0 Å². The van der Waals surface area contributed by atoms with Gasteiger partial charge in [-0.15, -0.1) is 21.5 Å². The number of benzene rings is 1. The SMILES string of the molecule is CCn1c(S[C@H](C(=O)NC(=O)NC)c2ccccc2)nnc1-c1cccs1. The average Bonchev–Trinajstić information content (AvgIpc) is 3.35. The highest BCUT2D eigenvalue weighted by atomic mass is 32.2. The van der Waals surface area contributed by atoms with Gasteiger partial charge in [-0.3, -0.25) is 10.1 Å². The Hall–Kier alpha value is -2.65. The second-order valence-corrected chi connectivity index (χ2v) is 7.52. The largest absolute Gasteiger partial charge is 0.341 e. The van der Waals surface area contributed by atoms with E-state index in [1.807, 2.05) is 59.3 Å². The zero-order valence-corrected chi connectivity index (χ0v) is 16.5. The molecule has 3 amide bonds. The van der Waals surface area contributed by atoms with E-state index in [-0.39, 0.29) is 0 Å². The quantitative estimate of drug-likeness (QED) is 0.619. The summed E-state index contributed by atoms with van der Waals surface area (Å²) in [6.07, 6.45) is 0. The molecule has 0 saturated heterocycles. The molecule has 2 N–H and O–H groups in total. The van der Waals surface area contributed by atoms with Crippen molar-refractivity contribution >= 4 is 35.0 Å². The summed E-state index contributed by atoms with van der Waals surface area (Å²) in [6, 6.07) is 12.7. The predicted molar refractivity (Wildman–Crippen MR) is 107 cm³/mol. The smallest absolute Gasteiger partial charge is 0.321 e. The van der Waals surface area contributed by atoms with Gasteiger partial charge in [0.05, 0.1) is 4.88 Å². The normalized spacial score (nSPS) is 11.8. The number of rotatable bonds is 6. The molecule has 0 saturated carbocycles. The Morgan fingerprint density at radius 1 is 1.19 bits per heavy atom. The summed E-state index contributed by atoms with van der Waals surface area (Å²) in [5.41, 5.74) is 0.784. The lowest BCUT2D eigenvalue weighted by Gasteiger charge is -2.16. The van der Waals surface area contributed by atoms with E-state index in [2.05, 4.69) is 20.8 Å². The zero-order valence-electron chi connectivity index (χ0n) is 14.9. The van der Waals surface area contributed by atoms with Gasteiger partial charge in [-0.05, 0) is 23.9 Å². The van der Waals surface area contributed by atoms with E-state index in [1.165, 1.54) is 18.8 Å². The van der Waals surface area contributed by atoms with Crippen molar-refractivity contribution in [1.82, 2.24) is 25.4 Å². The summed E-state index contributed by atoms with van der Waals surface area (Å²) in [4.78, 5) is 25.3. The molecule has 0 spiro atoms. The summed E-state index contributed by atoms with van der Waals surface area (Å²) >= 11 is 2.86. The van der Waals surface area contributed by atoms with Gasteiger partial charge in [0, 0.05) is 13.6 Å². The van der Waals surface area contributed by atoms with Crippen LogP contribution in [0.25, 0.3) is 10.7 Å². The molecule has 27 heavy (non-hydrogen) atoms. The lowest BCUT2D eigenvalue weighted by Crippen LogP contribution is -2.39. The van der Waals surface area contributed by atoms with Crippen LogP contribution in [-0.2, 0) is 11.3 Å². The van der Waals surface area contributed by atoms with Crippen molar-refractivity contribution in [3.8, 4) is 10.7 Å². The van der Waals surface area contributed by atoms with Gasteiger partial charge in [-0.1, -0.05) is 48.2 Å². The summed E-state index contributed by atoms with van der Waals surface area (Å²) in [6.45, 7) is 2.67. The van der Waals surface area contributed by atoms with Crippen LogP contribution in [0, 0.1) is 0 Å². The van der Waals surface area contributed by atoms with E-state index < -0.39 is 17.2 Å². The maximum Gasteiger partial charge on any atom is 0.321 e. The van der Waals surface area contributed by atoms with Gasteiger partial charge >= 0.3 is 6.03 Å². The second-order valence-electron chi connectivity index (χ2n) is 5.50. The Bertz CT molecular complexity index is 909. The van der Waals surface area contributed by atoms with Crippen LogP contribution < -0.4 is 10.6 Å². The third kappa shape index (κ3) is 4.37. The van der Waals surface area contributed by atoms with Gasteiger partial charge in [0.15, 0.2) is 11.0 Å². The summed E-state index contributed by atoms with van der Waals surface area (Å²) in [5, 5.41) is 15.3. The van der Waals surface area contributed by atoms with Crippen LogP contribution >= 0.6 is 23.1 Å². The second kappa shape index (κ2) is 8.83. The van der Waals surface area contributed by atoms with Gasteiger partial charge in [-0.2, -0.15) is 0 Å². The van der Waals surface area contributed by atoms with Crippen molar-refractivity contribution in [1.29, 1.82) is 0 Å². The fourth-order valence-corrected chi connectivity index (χ4v) is 4.31. The van der Waals surface area contributed by atoms with E-state index >= 15 is 0 Å². The molecule has 0 fully saturated rings. The van der Waals surface area contributed by atoms with Crippen LogP contribution in [0.1, 0.15) is 17.7 Å². The average molecular weight is 402 g/mol. The lowest BCUT2D eigenvalue weighted by atomic mass is 10.1. The molecule has 1 aromatic carbocycles. The highest BCUT2D eigenvalue weighted by molar-refractivity contribution is 8.00. The van der Waals surface area contributed by atoms with Crippen molar-refractivity contribution < 1.29 is 9.59 Å². The molecule has 0 unspecified atom stereocenters. The van der Waals surface area contributed by atoms with Crippen molar-refractivity contribution in [2.24, 2.45) is 0 Å². The number of thiophene rings is 1. The first-order valence-electron chi connectivity index (χ1n) is 8.35. The van der Waals surface area contributed by atoms with E-state index in [0.29, 0.717) is 11.7 Å². The summed E-state index contributed by atoms with van der Waals surface area (Å²) in [5.74, 6) is 0.363. The standard InChI is InChI=1S/C18H19N5O2S2/c1-3-23-15(13-10-7-11-26-13)21-22-18(23)27-14(12-8-5-4-6-9-12)16(24)20-17(25)19-2/h4-11,14H,3H2,1-2H3,(H2,19,20,24,25)/t14-/m0/s1. The maximum atomic E-state index is 12.7. The van der Waals surface area contributed by atoms with E-state index in [0.717, 1.165) is 16.3 Å². The molecule has 2 heterocycles. The molecular weight excluding hydrogens is 382 g/mol. The molecule has 7 nitrogen and oxygen atoms in total. The number of nitrogens with one attached hydrogen (secondary N) is 2. The Morgan fingerprint density at radius 2 is 1.96 bits per heavy atom. The number of carbonyl (C=O) groups is 2. The maximum absolute atomic E-state index is 12.7. The van der Waals surface area contributed by atoms with Crippen LogP contribution in [0.5, 0.6) is 0 Å². The third-order valence-corrected chi connectivity index (χ3v) is 5.90. The van der Waals surface area contributed by atoms with Crippen LogP contribution in [0.4, 0.5) is 4.79 Å². The van der Waals surface area contributed by atoms with Crippen molar-refractivity contribution in [2.45, 2.75) is 23.9 Å². The number of thioether (sulfide) groups is 1. The molecule has 1 atom stereocenters. The fraction of sp³-hybridized carbons (Fsp3) is 0.222. The molecule has 0 radical (unpaired) electrons. The molecule has 9 heteroatoms. The van der Waals surface area contributed by atoms with Crippen LogP contribution in [0.3, 0.4) is 0 Å². The molecule has 0 aliphatic heterocycles. The number of imide groups is 1. The number of hydrogen-bond donors (Lipinski definition) is 2. The highest BCUT2D eigenvalue weighted by Crippen LogP contribution is 2.36. The Balaban J connectivity index is 1.93. The molecule has 0 bridgehead atoms. The Labute approximate surface area is 165 Å². The number of urea groups is 1. The van der Waals surface area contributed by atoms with Crippen molar-refractivity contribution in [3.63, 3.8) is 0 Å². The van der Waals surface area contributed by atoms with Crippen molar-refractivity contribution in [3.05, 3.63) is 53.4 Å². The topological polar surface area (TPSA) is 88.9 Å². The van der Waals surface area contributed by atoms with Gasteiger partial charge < -0.3 is 9.88 Å². The monoisotopic (exact) mass is 401 g/mol. The van der Waals surface area contributed by atoms with Crippen LogP contribution in [0.2, 0.25) is 0 Å². The summed E-state index contributed by atoms with van der Waals surface area (Å²) in [7, 11) is 1.47. The highest BCUT2D eigenvalue weighted by Gasteiger charge is 2.26. The van der Waals surface area contributed by atoms with E-state index in [1.54, 1.807) is 11.3 Å². The number of aromatic nitrogens is 3. The van der Waals surface area contributed by atoms with E-state index in [9.17, 15) is 9.59 Å². The summed E-state index contributed by atoms with van der Waals surface area (Å²) < 4.78 is 1.97. The third-order valence-electron chi connectivity index (χ3n) is 3.80. The number of nitrogens with zero attached hydrogens (tertiary/aromatic N) is 3. The minimum Gasteiger partial charge on any atom is -0.341 e. The molecule has 3 aromatic rings. The van der Waals surface area contributed by atoms with Crippen molar-refractivity contribution in [2.75, 3.05) is 7.05 Å². The number of hydrogen-bond acceptors (Lipinski definition) is 6. The Morgan fingerprint density at radius 3 is 2.59 bits per heavy atom. The zero-order chi connectivity index (χ0) is 19.2. The first-order chi connectivity index (χ1) is 13.1. The first-order valence-corrected chi connectivity index (χ1v) is 10.1. The fourth-order valence-electron chi connectivity index (χ4n) is 2.50.